The van der Waals surface area contributed by atoms with Gasteiger partial charge in [0.05, 0.1) is 18.0 Å². The largest absolute Gasteiger partial charge is 0.341 e. The van der Waals surface area contributed by atoms with Crippen LogP contribution in [0.1, 0.15) is 29.5 Å². The van der Waals surface area contributed by atoms with Crippen molar-refractivity contribution < 1.29 is 9.18 Å². The summed E-state index contributed by atoms with van der Waals surface area (Å²) in [5, 5.41) is 4.74. The van der Waals surface area contributed by atoms with Crippen LogP contribution in [0, 0.1) is 25.6 Å². The normalized spacial score (nSPS) is 16.0. The summed E-state index contributed by atoms with van der Waals surface area (Å²) in [4.78, 5) is 33.4. The lowest BCUT2D eigenvalue weighted by molar-refractivity contribution is -0.120. The van der Waals surface area contributed by atoms with E-state index < -0.39 is 0 Å². The Hall–Kier alpha value is -3.52. The van der Waals surface area contributed by atoms with Gasteiger partial charge < -0.3 is 10.2 Å². The molecular formula is C27H27FN4O2S. The summed E-state index contributed by atoms with van der Waals surface area (Å²) in [6.07, 6.45) is 1.52. The van der Waals surface area contributed by atoms with Crippen LogP contribution in [0.2, 0.25) is 0 Å². The number of halogens is 1. The highest BCUT2D eigenvalue weighted by atomic mass is 32.1. The van der Waals surface area contributed by atoms with Crippen molar-refractivity contribution in [3.05, 3.63) is 86.8 Å². The molecule has 0 spiro atoms. The summed E-state index contributed by atoms with van der Waals surface area (Å²) >= 11 is 1.40. The van der Waals surface area contributed by atoms with Gasteiger partial charge in [-0.25, -0.2) is 9.37 Å². The molecule has 8 heteroatoms. The second-order valence-electron chi connectivity index (χ2n) is 9.16. The van der Waals surface area contributed by atoms with E-state index in [0.29, 0.717) is 47.1 Å². The number of anilines is 2. The summed E-state index contributed by atoms with van der Waals surface area (Å²) in [6, 6.07) is 14.7. The molecule has 0 saturated carbocycles. The zero-order valence-electron chi connectivity index (χ0n) is 19.8. The number of aromatic nitrogens is 2. The van der Waals surface area contributed by atoms with Gasteiger partial charge in [0, 0.05) is 18.8 Å². The molecule has 3 heterocycles. The van der Waals surface area contributed by atoms with E-state index in [0.717, 1.165) is 24.0 Å². The first-order valence-electron chi connectivity index (χ1n) is 11.7. The fraction of sp³-hybridized carbons (Fsp3) is 0.296. The Balaban J connectivity index is 1.43. The lowest BCUT2D eigenvalue weighted by Crippen LogP contribution is -2.43. The lowest BCUT2D eigenvalue weighted by atomic mass is 9.97. The van der Waals surface area contributed by atoms with E-state index in [1.54, 1.807) is 23.6 Å². The highest BCUT2D eigenvalue weighted by molar-refractivity contribution is 7.17. The molecule has 1 amide bonds. The predicted octanol–water partition coefficient (Wildman–Crippen LogP) is 5.12. The molecule has 4 aromatic rings. The van der Waals surface area contributed by atoms with E-state index in [2.05, 4.69) is 5.32 Å². The number of nitrogens with zero attached hydrogens (tertiary/aromatic N) is 3. The van der Waals surface area contributed by atoms with Gasteiger partial charge in [-0.05, 0) is 61.4 Å². The molecular weight excluding hydrogens is 463 g/mol. The zero-order chi connectivity index (χ0) is 24.5. The van der Waals surface area contributed by atoms with Crippen LogP contribution >= 0.6 is 11.3 Å². The SMILES string of the molecule is Cc1ccc(Cn2c(N3CCCC(C(=O)Nc4ccc(C)c(F)c4)C3)nc3ccsc3c2=O)cc1. The first-order valence-corrected chi connectivity index (χ1v) is 12.6. The molecule has 5 rings (SSSR count). The highest BCUT2D eigenvalue weighted by Gasteiger charge is 2.29. The van der Waals surface area contributed by atoms with Crippen molar-refractivity contribution in [1.82, 2.24) is 9.55 Å². The van der Waals surface area contributed by atoms with Crippen molar-refractivity contribution in [2.45, 2.75) is 33.2 Å². The summed E-state index contributed by atoms with van der Waals surface area (Å²) in [7, 11) is 0. The number of rotatable bonds is 5. The van der Waals surface area contributed by atoms with E-state index in [4.69, 9.17) is 4.98 Å². The van der Waals surface area contributed by atoms with Gasteiger partial charge in [0.15, 0.2) is 0 Å². The van der Waals surface area contributed by atoms with Gasteiger partial charge in [-0.2, -0.15) is 0 Å². The van der Waals surface area contributed by atoms with Crippen molar-refractivity contribution in [2.24, 2.45) is 5.92 Å². The van der Waals surface area contributed by atoms with Gasteiger partial charge in [0.1, 0.15) is 10.5 Å². The van der Waals surface area contributed by atoms with Gasteiger partial charge in [-0.1, -0.05) is 35.9 Å². The number of hydrogen-bond acceptors (Lipinski definition) is 5. The van der Waals surface area contributed by atoms with Gasteiger partial charge in [0.25, 0.3) is 5.56 Å². The number of carbonyl (C=O) groups excluding carboxylic acids is 1. The summed E-state index contributed by atoms with van der Waals surface area (Å²) in [5.41, 5.74) is 3.77. The summed E-state index contributed by atoms with van der Waals surface area (Å²) in [5.74, 6) is -0.208. The molecule has 1 fully saturated rings. The molecule has 1 aliphatic heterocycles. The molecule has 1 N–H and O–H groups in total. The molecule has 1 saturated heterocycles. The standard InChI is InChI=1S/C27H27FN4O2S/c1-17-5-8-19(9-6-17)15-32-26(34)24-23(11-13-35-24)30-27(32)31-12-3-4-20(16-31)25(33)29-21-10-7-18(2)22(28)14-21/h5-11,13-14,20H,3-4,12,15-16H2,1-2H3,(H,29,33). The Kier molecular flexibility index (Phi) is 6.38. The van der Waals surface area contributed by atoms with E-state index in [1.807, 2.05) is 47.5 Å². The number of aryl methyl sites for hydroxylation is 2. The average molecular weight is 491 g/mol. The first-order chi connectivity index (χ1) is 16.9. The minimum atomic E-state index is -0.346. The molecule has 2 aromatic carbocycles. The third kappa shape index (κ3) is 4.84. The first kappa shape index (κ1) is 23.2. The fourth-order valence-corrected chi connectivity index (χ4v) is 5.26. The number of benzene rings is 2. The Labute approximate surface area is 207 Å². The quantitative estimate of drug-likeness (QED) is 0.422. The number of nitrogens with one attached hydrogen (secondary N) is 1. The number of amides is 1. The van der Waals surface area contributed by atoms with Crippen molar-refractivity contribution in [2.75, 3.05) is 23.3 Å². The van der Waals surface area contributed by atoms with Crippen LogP contribution in [0.25, 0.3) is 10.2 Å². The molecule has 0 aliphatic carbocycles. The minimum absolute atomic E-state index is 0.0673. The van der Waals surface area contributed by atoms with Gasteiger partial charge >= 0.3 is 0 Å². The Morgan fingerprint density at radius 2 is 1.97 bits per heavy atom. The maximum Gasteiger partial charge on any atom is 0.273 e. The van der Waals surface area contributed by atoms with Crippen LogP contribution in [0.3, 0.4) is 0 Å². The Morgan fingerprint density at radius 3 is 2.74 bits per heavy atom. The van der Waals surface area contributed by atoms with Crippen LogP contribution in [-0.4, -0.2) is 28.5 Å². The molecule has 2 aromatic heterocycles. The Morgan fingerprint density at radius 1 is 1.17 bits per heavy atom. The summed E-state index contributed by atoms with van der Waals surface area (Å²) < 4.78 is 16.3. The topological polar surface area (TPSA) is 67.2 Å². The van der Waals surface area contributed by atoms with Crippen LogP contribution in [0.5, 0.6) is 0 Å². The van der Waals surface area contributed by atoms with Crippen LogP contribution in [0.15, 0.2) is 58.7 Å². The van der Waals surface area contributed by atoms with E-state index >= 15 is 0 Å². The van der Waals surface area contributed by atoms with Crippen LogP contribution in [-0.2, 0) is 11.3 Å². The van der Waals surface area contributed by atoms with Gasteiger partial charge in [-0.15, -0.1) is 11.3 Å². The second kappa shape index (κ2) is 9.62. The fourth-order valence-electron chi connectivity index (χ4n) is 4.48. The third-order valence-corrected chi connectivity index (χ3v) is 7.41. The average Bonchev–Trinajstić information content (AvgIpc) is 3.33. The number of thiophene rings is 1. The monoisotopic (exact) mass is 490 g/mol. The maximum atomic E-state index is 13.9. The number of fused-ring (bicyclic) bond motifs is 1. The highest BCUT2D eigenvalue weighted by Crippen LogP contribution is 2.26. The molecule has 1 atom stereocenters. The van der Waals surface area contributed by atoms with Crippen molar-refractivity contribution in [3.8, 4) is 0 Å². The molecule has 6 nitrogen and oxygen atoms in total. The molecule has 0 bridgehead atoms. The smallest absolute Gasteiger partial charge is 0.273 e. The van der Waals surface area contributed by atoms with Crippen LogP contribution in [0.4, 0.5) is 16.0 Å². The molecule has 180 valence electrons. The van der Waals surface area contributed by atoms with Crippen molar-refractivity contribution in [3.63, 3.8) is 0 Å². The predicted molar refractivity (Wildman–Crippen MR) is 139 cm³/mol. The van der Waals surface area contributed by atoms with Crippen LogP contribution < -0.4 is 15.8 Å². The van der Waals surface area contributed by atoms with Gasteiger partial charge in [-0.3, -0.25) is 14.2 Å². The van der Waals surface area contributed by atoms with E-state index in [-0.39, 0.29) is 23.2 Å². The number of carbonyl (C=O) groups is 1. The lowest BCUT2D eigenvalue weighted by Gasteiger charge is -2.34. The van der Waals surface area contributed by atoms with E-state index in [9.17, 15) is 14.0 Å². The maximum absolute atomic E-state index is 13.9. The van der Waals surface area contributed by atoms with Crippen molar-refractivity contribution >= 4 is 39.1 Å². The number of hydrogen-bond donors (Lipinski definition) is 1. The zero-order valence-corrected chi connectivity index (χ0v) is 20.6. The molecule has 1 aliphatic rings. The number of piperidine rings is 1. The second-order valence-corrected chi connectivity index (χ2v) is 10.1. The van der Waals surface area contributed by atoms with E-state index in [1.165, 1.54) is 17.4 Å². The van der Waals surface area contributed by atoms with Crippen molar-refractivity contribution in [1.29, 1.82) is 0 Å². The minimum Gasteiger partial charge on any atom is -0.341 e. The third-order valence-electron chi connectivity index (χ3n) is 6.52. The summed E-state index contributed by atoms with van der Waals surface area (Å²) in [6.45, 7) is 5.28. The molecule has 0 radical (unpaired) electrons. The molecule has 1 unspecified atom stereocenters. The van der Waals surface area contributed by atoms with Gasteiger partial charge in [0.2, 0.25) is 11.9 Å². The molecule has 35 heavy (non-hydrogen) atoms. The Bertz CT molecular complexity index is 1440.